The lowest BCUT2D eigenvalue weighted by Gasteiger charge is -2.39. The molecule has 0 radical (unpaired) electrons. The summed E-state index contributed by atoms with van der Waals surface area (Å²) in [5, 5.41) is 11.7. The number of urea groups is 2. The Balaban J connectivity index is 0.972. The number of nitrogens with one attached hydrogen (secondary N) is 4. The van der Waals surface area contributed by atoms with Gasteiger partial charge in [0, 0.05) is 69.4 Å². The number of amides is 8. The van der Waals surface area contributed by atoms with Crippen molar-refractivity contribution in [2.24, 2.45) is 10.8 Å². The SMILES string of the molecule is CC(C)(C)[C@H](C(=O)N1CCC[C@H]1C(=O)Nc1ccc(CN(Cc2ccc(NC(=O)[C@@H]3CCCN3C(=O)[C@H](N3CCNC3=O)C(C)(C)C)cc2)c2ccccc2)cc1)N1CCNC1=O. The van der Waals surface area contributed by atoms with Crippen LogP contribution in [0.1, 0.15) is 78.4 Å². The second-order valence-corrected chi connectivity index (χ2v) is 19.3. The molecular formula is C48H63N9O6. The van der Waals surface area contributed by atoms with Crippen molar-refractivity contribution in [3.05, 3.63) is 90.0 Å². The Morgan fingerprint density at radius 1 is 0.603 bits per heavy atom. The summed E-state index contributed by atoms with van der Waals surface area (Å²) in [5.74, 6) is -0.877. The highest BCUT2D eigenvalue weighted by Crippen LogP contribution is 2.33. The van der Waals surface area contributed by atoms with Gasteiger partial charge < -0.3 is 45.8 Å². The van der Waals surface area contributed by atoms with E-state index in [1.165, 1.54) is 0 Å². The Morgan fingerprint density at radius 2 is 1.00 bits per heavy atom. The first kappa shape index (κ1) is 44.9. The third kappa shape index (κ3) is 10.2. The molecule has 4 atom stereocenters. The molecule has 63 heavy (non-hydrogen) atoms. The van der Waals surface area contributed by atoms with Crippen molar-refractivity contribution in [2.45, 2.75) is 104 Å². The fourth-order valence-electron chi connectivity index (χ4n) is 9.48. The maximum Gasteiger partial charge on any atom is 0.318 e. The molecule has 0 saturated carbocycles. The molecule has 3 aromatic carbocycles. The van der Waals surface area contributed by atoms with Crippen LogP contribution in [0.4, 0.5) is 26.7 Å². The normalized spacial score (nSPS) is 20.0. The highest BCUT2D eigenvalue weighted by Gasteiger charge is 2.48. The molecule has 336 valence electrons. The number of para-hydroxylation sites is 1. The third-order valence-corrected chi connectivity index (χ3v) is 12.5. The van der Waals surface area contributed by atoms with Crippen molar-refractivity contribution in [1.29, 1.82) is 0 Å². The number of benzene rings is 3. The molecule has 8 amide bonds. The Hall–Kier alpha value is -6.12. The predicted molar refractivity (Wildman–Crippen MR) is 243 cm³/mol. The summed E-state index contributed by atoms with van der Waals surface area (Å²) in [6.45, 7) is 15.7. The molecule has 4 aliphatic heterocycles. The monoisotopic (exact) mass is 861 g/mol. The van der Waals surface area contributed by atoms with Crippen LogP contribution < -0.4 is 26.2 Å². The number of hydrogen-bond acceptors (Lipinski definition) is 7. The minimum Gasteiger partial charge on any atom is -0.363 e. The largest absolute Gasteiger partial charge is 0.363 e. The van der Waals surface area contributed by atoms with Crippen molar-refractivity contribution in [1.82, 2.24) is 30.2 Å². The summed E-state index contributed by atoms with van der Waals surface area (Å²) < 4.78 is 0. The van der Waals surface area contributed by atoms with Crippen LogP contribution in [-0.4, -0.2) is 119 Å². The van der Waals surface area contributed by atoms with Crippen LogP contribution >= 0.6 is 0 Å². The average molecular weight is 862 g/mol. The summed E-state index contributed by atoms with van der Waals surface area (Å²) in [4.78, 5) is 89.3. The zero-order valence-electron chi connectivity index (χ0n) is 37.5. The number of hydrogen-bond donors (Lipinski definition) is 4. The zero-order valence-corrected chi connectivity index (χ0v) is 37.5. The van der Waals surface area contributed by atoms with E-state index in [0.717, 1.165) is 16.8 Å². The molecule has 3 aromatic rings. The molecule has 7 rings (SSSR count). The quantitative estimate of drug-likeness (QED) is 0.173. The van der Waals surface area contributed by atoms with Crippen molar-refractivity contribution in [3.63, 3.8) is 0 Å². The first-order chi connectivity index (χ1) is 30.0. The summed E-state index contributed by atoms with van der Waals surface area (Å²) in [7, 11) is 0. The van der Waals surface area contributed by atoms with Gasteiger partial charge in [0.25, 0.3) is 0 Å². The van der Waals surface area contributed by atoms with Crippen LogP contribution in [0.5, 0.6) is 0 Å². The second kappa shape index (κ2) is 18.7. The third-order valence-electron chi connectivity index (χ3n) is 12.5. The van der Waals surface area contributed by atoms with Crippen LogP contribution in [0.2, 0.25) is 0 Å². The molecule has 4 fully saturated rings. The van der Waals surface area contributed by atoms with E-state index in [0.29, 0.717) is 89.4 Å². The van der Waals surface area contributed by atoms with Gasteiger partial charge in [0.2, 0.25) is 23.6 Å². The molecule has 4 saturated heterocycles. The number of carbonyl (C=O) groups excluding carboxylic acids is 6. The average Bonchev–Trinajstić information content (AvgIpc) is 4.08. The molecule has 0 aromatic heterocycles. The highest BCUT2D eigenvalue weighted by atomic mass is 16.2. The van der Waals surface area contributed by atoms with Gasteiger partial charge in [-0.05, 0) is 84.0 Å². The van der Waals surface area contributed by atoms with Gasteiger partial charge in [0.15, 0.2) is 0 Å². The molecular weight excluding hydrogens is 799 g/mol. The maximum absolute atomic E-state index is 14.0. The van der Waals surface area contributed by atoms with E-state index >= 15 is 0 Å². The lowest BCUT2D eigenvalue weighted by molar-refractivity contribution is -0.143. The Kier molecular flexibility index (Phi) is 13.3. The molecule has 4 N–H and O–H groups in total. The van der Waals surface area contributed by atoms with E-state index in [-0.39, 0.29) is 35.7 Å². The fourth-order valence-corrected chi connectivity index (χ4v) is 9.48. The minimum absolute atomic E-state index is 0.197. The van der Waals surface area contributed by atoms with E-state index < -0.39 is 35.0 Å². The smallest absolute Gasteiger partial charge is 0.318 e. The standard InChI is InChI=1S/C48H63N9O6/c1-47(2,3)39(56-28-24-49-45(56)62)43(60)54-26-10-14-37(54)41(58)51-34-20-16-32(17-21-34)30-53(36-12-8-7-9-13-36)31-33-18-22-35(23-19-33)52-42(59)38-15-11-27-55(38)44(61)40(48(4,5)6)57-29-25-50-46(57)63/h7-9,12-13,16-23,37-40H,10-11,14-15,24-31H2,1-6H3,(H,49,62)(H,50,63)(H,51,58)(H,52,59)/t37-,38-,39-,40-/m0/s1. The molecule has 0 unspecified atom stereocenters. The summed E-state index contributed by atoms with van der Waals surface area (Å²) in [6, 6.07) is 22.5. The molecule has 0 aliphatic carbocycles. The number of carbonyl (C=O) groups is 6. The van der Waals surface area contributed by atoms with Crippen LogP contribution in [0.15, 0.2) is 78.9 Å². The summed E-state index contributed by atoms with van der Waals surface area (Å²) in [6.07, 6.45) is 2.52. The Morgan fingerprint density at radius 3 is 1.35 bits per heavy atom. The Bertz CT molecular complexity index is 2020. The van der Waals surface area contributed by atoms with E-state index in [4.69, 9.17) is 0 Å². The van der Waals surface area contributed by atoms with Gasteiger partial charge in [-0.25, -0.2) is 9.59 Å². The zero-order chi connectivity index (χ0) is 45.1. The van der Waals surface area contributed by atoms with Gasteiger partial charge in [-0.2, -0.15) is 0 Å². The first-order valence-corrected chi connectivity index (χ1v) is 22.3. The molecule has 4 heterocycles. The van der Waals surface area contributed by atoms with Gasteiger partial charge in [0.1, 0.15) is 24.2 Å². The highest BCUT2D eigenvalue weighted by molar-refractivity contribution is 6.00. The van der Waals surface area contributed by atoms with Crippen molar-refractivity contribution < 1.29 is 28.8 Å². The second-order valence-electron chi connectivity index (χ2n) is 19.3. The van der Waals surface area contributed by atoms with Crippen molar-refractivity contribution >= 4 is 52.8 Å². The number of rotatable bonds is 13. The number of anilines is 3. The summed E-state index contributed by atoms with van der Waals surface area (Å²) in [5.41, 5.74) is 3.34. The van der Waals surface area contributed by atoms with Crippen molar-refractivity contribution in [2.75, 3.05) is 54.8 Å². The molecule has 0 spiro atoms. The lowest BCUT2D eigenvalue weighted by atomic mass is 9.84. The number of likely N-dealkylation sites (tertiary alicyclic amines) is 2. The van der Waals surface area contributed by atoms with E-state index in [2.05, 4.69) is 38.3 Å². The lowest BCUT2D eigenvalue weighted by Crippen LogP contribution is -2.57. The molecule has 15 nitrogen and oxygen atoms in total. The van der Waals surface area contributed by atoms with Crippen LogP contribution in [-0.2, 0) is 32.3 Å². The van der Waals surface area contributed by atoms with Crippen LogP contribution in [0.25, 0.3) is 0 Å². The van der Waals surface area contributed by atoms with Gasteiger partial charge in [0.05, 0.1) is 0 Å². The van der Waals surface area contributed by atoms with Crippen LogP contribution in [0.3, 0.4) is 0 Å². The van der Waals surface area contributed by atoms with Gasteiger partial charge in [-0.3, -0.25) is 19.2 Å². The van der Waals surface area contributed by atoms with Crippen LogP contribution in [0, 0.1) is 10.8 Å². The van der Waals surface area contributed by atoms with Gasteiger partial charge in [-0.1, -0.05) is 84.0 Å². The van der Waals surface area contributed by atoms with Crippen molar-refractivity contribution in [3.8, 4) is 0 Å². The fraction of sp³-hybridized carbons (Fsp3) is 0.500. The molecule has 0 bridgehead atoms. The van der Waals surface area contributed by atoms with E-state index in [9.17, 15) is 28.8 Å². The van der Waals surface area contributed by atoms with Gasteiger partial charge >= 0.3 is 12.1 Å². The predicted octanol–water partition coefficient (Wildman–Crippen LogP) is 5.63. The topological polar surface area (TPSA) is 167 Å². The van der Waals surface area contributed by atoms with E-state index in [1.54, 1.807) is 19.6 Å². The minimum atomic E-state index is -0.675. The molecule has 4 aliphatic rings. The van der Waals surface area contributed by atoms with E-state index in [1.807, 2.05) is 108 Å². The van der Waals surface area contributed by atoms with Gasteiger partial charge in [-0.15, -0.1) is 0 Å². The maximum atomic E-state index is 14.0. The number of nitrogens with zero attached hydrogens (tertiary/aromatic N) is 5. The summed E-state index contributed by atoms with van der Waals surface area (Å²) >= 11 is 0. The first-order valence-electron chi connectivity index (χ1n) is 22.3. The molecule has 15 heteroatoms. The Labute approximate surface area is 370 Å².